The van der Waals surface area contributed by atoms with E-state index in [1.54, 1.807) is 6.08 Å². The van der Waals surface area contributed by atoms with E-state index >= 15 is 0 Å². The van der Waals surface area contributed by atoms with Gasteiger partial charge in [-0.2, -0.15) is 0 Å². The Morgan fingerprint density at radius 1 is 0.778 bits per heavy atom. The van der Waals surface area contributed by atoms with Gasteiger partial charge >= 0.3 is 0 Å². The van der Waals surface area contributed by atoms with E-state index in [9.17, 15) is 4.79 Å². The van der Waals surface area contributed by atoms with Crippen LogP contribution in [0.15, 0.2) is 91.0 Å². The minimum Gasteiger partial charge on any atom is -0.366 e. The number of amides is 1. The van der Waals surface area contributed by atoms with Crippen LogP contribution in [0.5, 0.6) is 0 Å². The van der Waals surface area contributed by atoms with Crippen LogP contribution in [-0.4, -0.2) is 5.91 Å². The molecule has 3 aromatic carbocycles. The van der Waals surface area contributed by atoms with E-state index in [1.807, 2.05) is 24.3 Å². The van der Waals surface area contributed by atoms with Crippen molar-refractivity contribution < 1.29 is 4.79 Å². The molecule has 0 saturated carbocycles. The first-order valence-corrected chi connectivity index (χ1v) is 9.11. The highest BCUT2D eigenvalue weighted by Gasteiger charge is 2.12. The second kappa shape index (κ2) is 8.81. The molecule has 0 saturated heterocycles. The zero-order valence-corrected chi connectivity index (χ0v) is 15.4. The van der Waals surface area contributed by atoms with E-state index in [0.717, 1.165) is 12.0 Å². The third-order valence-corrected chi connectivity index (χ3v) is 4.48. The van der Waals surface area contributed by atoms with Crippen molar-refractivity contribution in [3.05, 3.63) is 113 Å². The molecule has 0 heterocycles. The summed E-state index contributed by atoms with van der Waals surface area (Å²) in [6.07, 6.45) is 4.03. The monoisotopic (exact) mass is 353 g/mol. The molecule has 0 radical (unpaired) electrons. The Morgan fingerprint density at radius 2 is 1.30 bits per heavy atom. The van der Waals surface area contributed by atoms with Gasteiger partial charge in [-0.25, -0.2) is 0 Å². The first-order chi connectivity index (χ1) is 13.2. The number of nitrogens with two attached hydrogens (primary N) is 1. The molecule has 2 nitrogen and oxygen atoms in total. The van der Waals surface area contributed by atoms with Gasteiger partial charge in [-0.05, 0) is 45.9 Å². The molecule has 27 heavy (non-hydrogen) atoms. The quantitative estimate of drug-likeness (QED) is 0.458. The molecule has 0 aliphatic carbocycles. The second-order valence-corrected chi connectivity index (χ2v) is 6.30. The van der Waals surface area contributed by atoms with Crippen LogP contribution in [0.4, 0.5) is 0 Å². The minimum atomic E-state index is -0.441. The summed E-state index contributed by atoms with van der Waals surface area (Å²) in [4.78, 5) is 10.9. The van der Waals surface area contributed by atoms with Crippen molar-refractivity contribution in [2.45, 2.75) is 13.3 Å². The van der Waals surface area contributed by atoms with Crippen molar-refractivity contribution in [2.75, 3.05) is 0 Å². The van der Waals surface area contributed by atoms with Gasteiger partial charge in [-0.15, -0.1) is 0 Å². The van der Waals surface area contributed by atoms with Crippen molar-refractivity contribution in [1.29, 1.82) is 0 Å². The largest absolute Gasteiger partial charge is 0.366 e. The molecule has 3 rings (SSSR count). The van der Waals surface area contributed by atoms with Gasteiger partial charge in [0.05, 0.1) is 0 Å². The summed E-state index contributed by atoms with van der Waals surface area (Å²) in [5.74, 6) is -0.441. The highest BCUT2D eigenvalue weighted by Crippen LogP contribution is 2.34. The third-order valence-electron chi connectivity index (χ3n) is 4.48. The lowest BCUT2D eigenvalue weighted by Gasteiger charge is -2.16. The highest BCUT2D eigenvalue weighted by atomic mass is 16.1. The molecule has 0 unspecified atom stereocenters. The van der Waals surface area contributed by atoms with E-state index in [2.05, 4.69) is 67.6 Å². The first-order valence-electron chi connectivity index (χ1n) is 9.11. The SMILES string of the molecule is CCC(=C(c1ccccc1)c1ccccc1)c1ccc(/C=C/C(N)=O)cc1. The fraction of sp³-hybridized carbons (Fsp3) is 0.0800. The molecule has 0 fully saturated rings. The average Bonchev–Trinajstić information content (AvgIpc) is 2.72. The van der Waals surface area contributed by atoms with E-state index in [4.69, 9.17) is 5.73 Å². The maximum atomic E-state index is 10.9. The predicted molar refractivity (Wildman–Crippen MR) is 114 cm³/mol. The van der Waals surface area contributed by atoms with Gasteiger partial charge < -0.3 is 5.73 Å². The van der Waals surface area contributed by atoms with E-state index in [1.165, 1.54) is 33.9 Å². The molecular weight excluding hydrogens is 330 g/mol. The van der Waals surface area contributed by atoms with Crippen LogP contribution in [0.1, 0.15) is 35.6 Å². The molecule has 0 bridgehead atoms. The molecule has 0 spiro atoms. The molecule has 0 aliphatic rings. The normalized spacial score (nSPS) is 10.7. The van der Waals surface area contributed by atoms with Gasteiger partial charge in [0, 0.05) is 6.08 Å². The summed E-state index contributed by atoms with van der Waals surface area (Å²) in [5.41, 5.74) is 12.3. The Hall–Kier alpha value is -3.39. The van der Waals surface area contributed by atoms with Crippen LogP contribution >= 0.6 is 0 Å². The van der Waals surface area contributed by atoms with Crippen molar-refractivity contribution in [3.8, 4) is 0 Å². The molecule has 3 aromatic rings. The van der Waals surface area contributed by atoms with Crippen molar-refractivity contribution in [1.82, 2.24) is 0 Å². The van der Waals surface area contributed by atoms with Gasteiger partial charge in [0.2, 0.25) is 5.91 Å². The first kappa shape index (κ1) is 18.4. The fourth-order valence-corrected chi connectivity index (χ4v) is 3.22. The van der Waals surface area contributed by atoms with Crippen molar-refractivity contribution in [3.63, 3.8) is 0 Å². The number of hydrogen-bond acceptors (Lipinski definition) is 1. The molecule has 0 atom stereocenters. The number of primary amides is 1. The van der Waals surface area contributed by atoms with Crippen LogP contribution in [0.2, 0.25) is 0 Å². The number of hydrogen-bond donors (Lipinski definition) is 1. The van der Waals surface area contributed by atoms with Crippen molar-refractivity contribution in [2.24, 2.45) is 5.73 Å². The smallest absolute Gasteiger partial charge is 0.241 e. The highest BCUT2D eigenvalue weighted by molar-refractivity contribution is 5.98. The van der Waals surface area contributed by atoms with Crippen molar-refractivity contribution >= 4 is 23.1 Å². The third kappa shape index (κ3) is 4.62. The molecule has 134 valence electrons. The maximum absolute atomic E-state index is 10.9. The number of allylic oxidation sites excluding steroid dienone is 1. The van der Waals surface area contributed by atoms with Gasteiger partial charge in [0.15, 0.2) is 0 Å². The summed E-state index contributed by atoms with van der Waals surface area (Å²) < 4.78 is 0. The van der Waals surface area contributed by atoms with E-state index in [0.29, 0.717) is 0 Å². The standard InChI is InChI=1S/C25H23NO/c1-2-23(20-16-13-19(14-17-20)15-18-24(26)27)25(21-9-5-3-6-10-21)22-11-7-4-8-12-22/h3-18H,2H2,1H3,(H2,26,27)/b18-15+. The lowest BCUT2D eigenvalue weighted by atomic mass is 9.88. The van der Waals surface area contributed by atoms with Crippen LogP contribution in [0.3, 0.4) is 0 Å². The fourth-order valence-electron chi connectivity index (χ4n) is 3.22. The number of carbonyl (C=O) groups is 1. The molecular formula is C25H23NO. The van der Waals surface area contributed by atoms with Crippen LogP contribution in [0, 0.1) is 0 Å². The second-order valence-electron chi connectivity index (χ2n) is 6.30. The maximum Gasteiger partial charge on any atom is 0.241 e. The Balaban J connectivity index is 2.12. The number of carbonyl (C=O) groups excluding carboxylic acids is 1. The number of rotatable bonds is 6. The van der Waals surface area contributed by atoms with Gasteiger partial charge in [0.25, 0.3) is 0 Å². The molecule has 2 heteroatoms. The summed E-state index contributed by atoms with van der Waals surface area (Å²) >= 11 is 0. The molecule has 2 N–H and O–H groups in total. The number of benzene rings is 3. The van der Waals surface area contributed by atoms with Crippen LogP contribution in [-0.2, 0) is 4.79 Å². The van der Waals surface area contributed by atoms with Gasteiger partial charge in [-0.1, -0.05) is 91.9 Å². The summed E-state index contributed by atoms with van der Waals surface area (Å²) in [6.45, 7) is 2.18. The zero-order chi connectivity index (χ0) is 19.1. The van der Waals surface area contributed by atoms with E-state index < -0.39 is 5.91 Å². The van der Waals surface area contributed by atoms with E-state index in [-0.39, 0.29) is 0 Å². The topological polar surface area (TPSA) is 43.1 Å². The van der Waals surface area contributed by atoms with Crippen LogP contribution < -0.4 is 5.73 Å². The lowest BCUT2D eigenvalue weighted by Crippen LogP contribution is -2.05. The lowest BCUT2D eigenvalue weighted by molar-refractivity contribution is -0.113. The van der Waals surface area contributed by atoms with Crippen LogP contribution in [0.25, 0.3) is 17.2 Å². The molecule has 0 aromatic heterocycles. The Bertz CT molecular complexity index is 911. The Labute approximate surface area is 160 Å². The summed E-state index contributed by atoms with van der Waals surface area (Å²) in [6, 6.07) is 29.2. The molecule has 1 amide bonds. The summed E-state index contributed by atoms with van der Waals surface area (Å²) in [7, 11) is 0. The minimum absolute atomic E-state index is 0.441. The van der Waals surface area contributed by atoms with Gasteiger partial charge in [0.1, 0.15) is 0 Å². The zero-order valence-electron chi connectivity index (χ0n) is 15.4. The molecule has 0 aliphatic heterocycles. The predicted octanol–water partition coefficient (Wildman–Crippen LogP) is 5.55. The Morgan fingerprint density at radius 3 is 1.74 bits per heavy atom. The average molecular weight is 353 g/mol. The van der Waals surface area contributed by atoms with Gasteiger partial charge in [-0.3, -0.25) is 4.79 Å². The Kier molecular flexibility index (Phi) is 6.01. The summed E-state index contributed by atoms with van der Waals surface area (Å²) in [5, 5.41) is 0.